The fraction of sp³-hybridized carbons (Fsp3) is 0.524. The van der Waals surface area contributed by atoms with Crippen molar-refractivity contribution in [3.8, 4) is 6.07 Å². The molecule has 0 saturated carbocycles. The van der Waals surface area contributed by atoms with E-state index >= 15 is 0 Å². The van der Waals surface area contributed by atoms with Gasteiger partial charge in [0, 0.05) is 42.5 Å². The van der Waals surface area contributed by atoms with Crippen molar-refractivity contribution in [3.05, 3.63) is 35.0 Å². The molecule has 3 heterocycles. The van der Waals surface area contributed by atoms with Crippen LogP contribution in [-0.4, -0.2) is 72.5 Å². The molecule has 0 spiro atoms. The van der Waals surface area contributed by atoms with Crippen LogP contribution < -0.4 is 4.90 Å². The van der Waals surface area contributed by atoms with Gasteiger partial charge in [-0.15, -0.1) is 16.9 Å². The van der Waals surface area contributed by atoms with Crippen molar-refractivity contribution in [1.82, 2.24) is 9.88 Å². The van der Waals surface area contributed by atoms with Crippen LogP contribution in [0.3, 0.4) is 0 Å². The van der Waals surface area contributed by atoms with E-state index in [9.17, 15) is 22.8 Å². The third-order valence-electron chi connectivity index (χ3n) is 5.18. The first kappa shape index (κ1) is 25.6. The monoisotopic (exact) mass is 496 g/mol. The molecular formula is C21H23F3N6O3S. The van der Waals surface area contributed by atoms with Crippen LogP contribution in [-0.2, 0) is 14.3 Å². The number of anilines is 1. The van der Waals surface area contributed by atoms with E-state index in [1.165, 1.54) is 6.20 Å². The summed E-state index contributed by atoms with van der Waals surface area (Å²) in [6.45, 7) is 4.22. The van der Waals surface area contributed by atoms with Gasteiger partial charge < -0.3 is 14.5 Å². The van der Waals surface area contributed by atoms with Gasteiger partial charge in [0.2, 0.25) is 5.91 Å². The molecule has 1 saturated heterocycles. The van der Waals surface area contributed by atoms with E-state index < -0.39 is 18.0 Å². The van der Waals surface area contributed by atoms with E-state index in [0.29, 0.717) is 31.7 Å². The van der Waals surface area contributed by atoms with Crippen LogP contribution in [0.1, 0.15) is 18.9 Å². The third-order valence-corrected chi connectivity index (χ3v) is 6.34. The summed E-state index contributed by atoms with van der Waals surface area (Å²) in [6.07, 6.45) is -2.10. The van der Waals surface area contributed by atoms with E-state index in [1.54, 1.807) is 24.0 Å². The molecule has 3 rings (SSSR count). The summed E-state index contributed by atoms with van der Waals surface area (Å²) in [5.74, 6) is -2.93. The predicted octanol–water partition coefficient (Wildman–Crippen LogP) is 3.14. The lowest BCUT2D eigenvalue weighted by Gasteiger charge is -2.35. The van der Waals surface area contributed by atoms with Gasteiger partial charge in [-0.3, -0.25) is 9.59 Å². The molecule has 1 aromatic heterocycles. The molecule has 0 aliphatic carbocycles. The number of thioether (sulfide) groups is 1. The van der Waals surface area contributed by atoms with Crippen LogP contribution >= 0.6 is 11.8 Å². The molecule has 2 aliphatic rings. The lowest BCUT2D eigenvalue weighted by Crippen LogP contribution is -2.49. The van der Waals surface area contributed by atoms with Crippen molar-refractivity contribution in [2.75, 3.05) is 44.3 Å². The number of nitrogens with zero attached hydrogens (tertiary/aromatic N) is 6. The van der Waals surface area contributed by atoms with Gasteiger partial charge in [0.15, 0.2) is 5.92 Å². The second-order valence-electron chi connectivity index (χ2n) is 7.70. The standard InChI is InChI=1S/C21H23F3N6O3S/c1-14(34-16-12-27-28-20(32)19(16)21(22,23)24)13-33-9-4-18(31)30-7-5-29(6-8-30)17-3-2-15(10-25)11-26-17/h2-3,11-12,14,19H,4-9,13H2,1H3/t14-,19?/m0/s1. The Balaban J connectivity index is 1.37. The Bertz CT molecular complexity index is 985. The molecule has 0 bridgehead atoms. The molecular weight excluding hydrogens is 473 g/mol. The highest BCUT2D eigenvalue weighted by molar-refractivity contribution is 8.03. The summed E-state index contributed by atoms with van der Waals surface area (Å²) in [6, 6.07) is 5.50. The fourth-order valence-electron chi connectivity index (χ4n) is 3.45. The van der Waals surface area contributed by atoms with Crippen molar-refractivity contribution in [3.63, 3.8) is 0 Å². The van der Waals surface area contributed by atoms with Gasteiger partial charge in [-0.25, -0.2) is 4.98 Å². The molecule has 13 heteroatoms. The lowest BCUT2D eigenvalue weighted by molar-refractivity contribution is -0.172. The number of hydrogen-bond acceptors (Lipinski definition) is 8. The Labute approximate surface area is 198 Å². The number of aromatic nitrogens is 1. The van der Waals surface area contributed by atoms with E-state index in [4.69, 9.17) is 10.00 Å². The Morgan fingerprint density at radius 1 is 1.32 bits per heavy atom. The van der Waals surface area contributed by atoms with Crippen molar-refractivity contribution < 1.29 is 27.5 Å². The average molecular weight is 497 g/mol. The number of piperazine rings is 1. The molecule has 1 fully saturated rings. The zero-order chi connectivity index (χ0) is 24.7. The topological polar surface area (TPSA) is 111 Å². The third kappa shape index (κ3) is 6.77. The maximum atomic E-state index is 13.1. The molecule has 34 heavy (non-hydrogen) atoms. The van der Waals surface area contributed by atoms with Gasteiger partial charge in [-0.2, -0.15) is 23.5 Å². The number of azo groups is 1. The van der Waals surface area contributed by atoms with Gasteiger partial charge in [-0.1, -0.05) is 6.92 Å². The normalized spacial score (nSPS) is 19.6. The first-order valence-electron chi connectivity index (χ1n) is 10.5. The van der Waals surface area contributed by atoms with Gasteiger partial charge in [0.05, 0.1) is 31.4 Å². The summed E-state index contributed by atoms with van der Waals surface area (Å²) >= 11 is 0.863. The van der Waals surface area contributed by atoms with Gasteiger partial charge in [-0.05, 0) is 12.1 Å². The number of carbonyl (C=O) groups excluding carboxylic acids is 2. The first-order valence-corrected chi connectivity index (χ1v) is 11.4. The van der Waals surface area contributed by atoms with E-state index in [1.807, 2.05) is 11.0 Å². The summed E-state index contributed by atoms with van der Waals surface area (Å²) in [4.78, 5) is 31.8. The van der Waals surface area contributed by atoms with Crippen LogP contribution in [0.2, 0.25) is 0 Å². The van der Waals surface area contributed by atoms with Crippen molar-refractivity contribution in [2.45, 2.75) is 24.8 Å². The Hall–Kier alpha value is -2.98. The van der Waals surface area contributed by atoms with Gasteiger partial charge in [0.1, 0.15) is 11.9 Å². The lowest BCUT2D eigenvalue weighted by atomic mass is 10.1. The second-order valence-corrected chi connectivity index (χ2v) is 9.21. The molecule has 182 valence electrons. The zero-order valence-electron chi connectivity index (χ0n) is 18.4. The summed E-state index contributed by atoms with van der Waals surface area (Å²) < 4.78 is 44.9. The maximum Gasteiger partial charge on any atom is 0.405 e. The number of halogens is 3. The Morgan fingerprint density at radius 2 is 2.06 bits per heavy atom. The van der Waals surface area contributed by atoms with Crippen LogP contribution in [0.25, 0.3) is 0 Å². The Morgan fingerprint density at radius 3 is 2.68 bits per heavy atom. The smallest absolute Gasteiger partial charge is 0.380 e. The summed E-state index contributed by atoms with van der Waals surface area (Å²) in [7, 11) is 0. The maximum absolute atomic E-state index is 13.1. The van der Waals surface area contributed by atoms with Crippen LogP contribution in [0.15, 0.2) is 39.7 Å². The number of amides is 2. The van der Waals surface area contributed by atoms with E-state index in [0.717, 1.165) is 23.8 Å². The molecule has 2 aliphatic heterocycles. The first-order chi connectivity index (χ1) is 16.2. The highest BCUT2D eigenvalue weighted by atomic mass is 32.2. The van der Waals surface area contributed by atoms with E-state index in [2.05, 4.69) is 15.2 Å². The molecule has 2 atom stereocenters. The van der Waals surface area contributed by atoms with Crippen molar-refractivity contribution >= 4 is 29.4 Å². The number of rotatable bonds is 8. The van der Waals surface area contributed by atoms with E-state index in [-0.39, 0.29) is 35.7 Å². The molecule has 2 amide bonds. The minimum Gasteiger partial charge on any atom is -0.380 e. The van der Waals surface area contributed by atoms with Crippen molar-refractivity contribution in [2.24, 2.45) is 16.1 Å². The number of pyridine rings is 1. The number of hydrogen-bond donors (Lipinski definition) is 0. The zero-order valence-corrected chi connectivity index (χ0v) is 19.2. The van der Waals surface area contributed by atoms with Gasteiger partial charge >= 0.3 is 6.18 Å². The number of nitriles is 1. The number of ether oxygens (including phenoxy) is 1. The molecule has 1 aromatic rings. The minimum atomic E-state index is -4.73. The highest BCUT2D eigenvalue weighted by Crippen LogP contribution is 2.41. The molecule has 0 N–H and O–H groups in total. The molecule has 9 nitrogen and oxygen atoms in total. The Kier molecular flexibility index (Phi) is 8.62. The number of carbonyl (C=O) groups is 2. The number of alkyl halides is 3. The molecule has 0 aromatic carbocycles. The minimum absolute atomic E-state index is 0.0640. The summed E-state index contributed by atoms with van der Waals surface area (Å²) in [5.41, 5.74) is 0.486. The molecule has 1 unspecified atom stereocenters. The van der Waals surface area contributed by atoms with Crippen LogP contribution in [0, 0.1) is 17.2 Å². The summed E-state index contributed by atoms with van der Waals surface area (Å²) in [5, 5.41) is 14.8. The quantitative estimate of drug-likeness (QED) is 0.509. The van der Waals surface area contributed by atoms with Crippen molar-refractivity contribution in [1.29, 1.82) is 5.26 Å². The SMILES string of the molecule is C[C@@H](COCCC(=O)N1CCN(c2ccc(C#N)cn2)CC1)SC1=CN=NC(=O)C1C(F)(F)F. The largest absolute Gasteiger partial charge is 0.405 e. The average Bonchev–Trinajstić information content (AvgIpc) is 2.81. The highest BCUT2D eigenvalue weighted by Gasteiger charge is 2.49. The van der Waals surface area contributed by atoms with Gasteiger partial charge in [0.25, 0.3) is 5.91 Å². The molecule has 0 radical (unpaired) electrons. The van der Waals surface area contributed by atoms with Crippen LogP contribution in [0.4, 0.5) is 19.0 Å². The predicted molar refractivity (Wildman–Crippen MR) is 118 cm³/mol. The van der Waals surface area contributed by atoms with Crippen LogP contribution in [0.5, 0.6) is 0 Å². The second kappa shape index (κ2) is 11.4. The fourth-order valence-corrected chi connectivity index (χ4v) is 4.56.